The summed E-state index contributed by atoms with van der Waals surface area (Å²) in [6.07, 6.45) is 1.97. The van der Waals surface area contributed by atoms with Crippen molar-refractivity contribution in [2.75, 3.05) is 17.2 Å². The third kappa shape index (κ3) is 5.87. The fourth-order valence-corrected chi connectivity index (χ4v) is 3.39. The van der Waals surface area contributed by atoms with Crippen molar-refractivity contribution in [3.63, 3.8) is 0 Å². The highest BCUT2D eigenvalue weighted by atomic mass is 35.5. The SMILES string of the molecule is Cl.O=[N+]([O-])c1ccc(NCC=C(Nc2ccc([N+](=O)[O-])cc2)c2ccc3ccccc3c2)cc1. The Morgan fingerprint density at radius 2 is 1.29 bits per heavy atom. The molecule has 0 saturated carbocycles. The predicted molar refractivity (Wildman–Crippen MR) is 137 cm³/mol. The Morgan fingerprint density at radius 1 is 0.735 bits per heavy atom. The van der Waals surface area contributed by atoms with Crippen LogP contribution in [0.25, 0.3) is 16.5 Å². The number of benzene rings is 4. The molecule has 34 heavy (non-hydrogen) atoms. The first kappa shape index (κ1) is 24.2. The topological polar surface area (TPSA) is 110 Å². The molecule has 0 heterocycles. The van der Waals surface area contributed by atoms with Gasteiger partial charge >= 0.3 is 0 Å². The minimum Gasteiger partial charge on any atom is -0.381 e. The fourth-order valence-electron chi connectivity index (χ4n) is 3.39. The molecule has 4 aromatic rings. The molecule has 0 amide bonds. The van der Waals surface area contributed by atoms with Crippen LogP contribution < -0.4 is 10.6 Å². The molecule has 8 nitrogen and oxygen atoms in total. The van der Waals surface area contributed by atoms with Gasteiger partial charge in [-0.3, -0.25) is 20.2 Å². The van der Waals surface area contributed by atoms with E-state index >= 15 is 0 Å². The average molecular weight is 477 g/mol. The zero-order valence-corrected chi connectivity index (χ0v) is 18.7. The number of anilines is 2. The highest BCUT2D eigenvalue weighted by molar-refractivity contribution is 5.88. The summed E-state index contributed by atoms with van der Waals surface area (Å²) < 4.78 is 0. The Balaban J connectivity index is 0.00000324. The molecule has 4 rings (SSSR count). The van der Waals surface area contributed by atoms with E-state index in [0.717, 1.165) is 33.4 Å². The van der Waals surface area contributed by atoms with Crippen LogP contribution in [0, 0.1) is 20.2 Å². The van der Waals surface area contributed by atoms with Crippen LogP contribution in [0.5, 0.6) is 0 Å². The summed E-state index contributed by atoms with van der Waals surface area (Å²) in [4.78, 5) is 20.9. The Hall–Kier alpha value is -4.43. The van der Waals surface area contributed by atoms with Crippen LogP contribution in [-0.2, 0) is 0 Å². The van der Waals surface area contributed by atoms with Crippen LogP contribution in [0.3, 0.4) is 0 Å². The van der Waals surface area contributed by atoms with Crippen molar-refractivity contribution in [1.29, 1.82) is 0 Å². The number of nitrogens with one attached hydrogen (secondary N) is 2. The number of halogens is 1. The Kier molecular flexibility index (Phi) is 7.79. The Labute approximate surface area is 201 Å². The number of nitrogens with zero attached hydrogens (tertiary/aromatic N) is 2. The summed E-state index contributed by atoms with van der Waals surface area (Å²) in [6, 6.07) is 26.6. The van der Waals surface area contributed by atoms with Crippen LogP contribution >= 0.6 is 12.4 Å². The maximum absolute atomic E-state index is 10.9. The molecule has 0 aliphatic heterocycles. The minimum atomic E-state index is -0.435. The summed E-state index contributed by atoms with van der Waals surface area (Å²) in [7, 11) is 0. The zero-order chi connectivity index (χ0) is 23.2. The van der Waals surface area contributed by atoms with E-state index in [4.69, 9.17) is 0 Å². The van der Waals surface area contributed by atoms with Gasteiger partial charge in [0.25, 0.3) is 11.4 Å². The van der Waals surface area contributed by atoms with E-state index < -0.39 is 9.85 Å². The second-order valence-electron chi connectivity index (χ2n) is 7.29. The van der Waals surface area contributed by atoms with E-state index in [9.17, 15) is 20.2 Å². The Bertz CT molecular complexity index is 1340. The van der Waals surface area contributed by atoms with Gasteiger partial charge in [-0.1, -0.05) is 36.4 Å². The van der Waals surface area contributed by atoms with E-state index in [1.54, 1.807) is 24.3 Å². The fraction of sp³-hybridized carbons (Fsp3) is 0.0400. The highest BCUT2D eigenvalue weighted by Gasteiger charge is 2.08. The van der Waals surface area contributed by atoms with Gasteiger partial charge in [-0.15, -0.1) is 12.4 Å². The molecule has 0 bridgehead atoms. The van der Waals surface area contributed by atoms with Crippen molar-refractivity contribution in [3.8, 4) is 0 Å². The van der Waals surface area contributed by atoms with Crippen LogP contribution in [0.2, 0.25) is 0 Å². The molecule has 9 heteroatoms. The van der Waals surface area contributed by atoms with Crippen molar-refractivity contribution < 1.29 is 9.85 Å². The first-order chi connectivity index (χ1) is 16.0. The quantitative estimate of drug-likeness (QED) is 0.218. The standard InChI is InChI=1S/C25H20N4O4.ClH/c30-28(31)23-11-7-21(8-12-23)26-16-15-25(27-22-9-13-24(14-10-22)29(32)33)20-6-5-18-3-1-2-4-19(18)17-20;/h1-15,17,26-27H,16H2;1H. The molecule has 0 unspecified atom stereocenters. The molecule has 0 aromatic heterocycles. The number of fused-ring (bicyclic) bond motifs is 1. The lowest BCUT2D eigenvalue weighted by atomic mass is 10.0. The molecular weight excluding hydrogens is 456 g/mol. The van der Waals surface area contributed by atoms with Gasteiger partial charge in [-0.05, 0) is 52.7 Å². The van der Waals surface area contributed by atoms with Gasteiger partial charge in [0.05, 0.1) is 9.85 Å². The smallest absolute Gasteiger partial charge is 0.269 e. The first-order valence-corrected chi connectivity index (χ1v) is 10.2. The van der Waals surface area contributed by atoms with Crippen molar-refractivity contribution in [2.24, 2.45) is 0 Å². The molecular formula is C25H21ClN4O4. The van der Waals surface area contributed by atoms with Crippen molar-refractivity contribution in [2.45, 2.75) is 0 Å². The van der Waals surface area contributed by atoms with Crippen molar-refractivity contribution in [1.82, 2.24) is 0 Å². The van der Waals surface area contributed by atoms with Gasteiger partial charge in [-0.25, -0.2) is 0 Å². The normalized spacial score (nSPS) is 10.9. The molecule has 0 spiro atoms. The lowest BCUT2D eigenvalue weighted by Gasteiger charge is -2.13. The van der Waals surface area contributed by atoms with E-state index in [2.05, 4.69) is 16.7 Å². The molecule has 0 atom stereocenters. The molecule has 172 valence electrons. The van der Waals surface area contributed by atoms with Crippen molar-refractivity contribution >= 4 is 51.6 Å². The minimum absolute atomic E-state index is 0. The second kappa shape index (κ2) is 10.9. The van der Waals surface area contributed by atoms with Gasteiger partial charge in [0.1, 0.15) is 0 Å². The summed E-state index contributed by atoms with van der Waals surface area (Å²) in [6.45, 7) is 0.458. The van der Waals surface area contributed by atoms with E-state index in [0.29, 0.717) is 6.54 Å². The molecule has 4 aromatic carbocycles. The number of non-ortho nitro benzene ring substituents is 2. The number of hydrogen-bond acceptors (Lipinski definition) is 6. The zero-order valence-electron chi connectivity index (χ0n) is 17.9. The summed E-state index contributed by atoms with van der Waals surface area (Å²) in [5.74, 6) is 0. The lowest BCUT2D eigenvalue weighted by molar-refractivity contribution is -0.385. The van der Waals surface area contributed by atoms with E-state index in [1.165, 1.54) is 24.3 Å². The van der Waals surface area contributed by atoms with Crippen LogP contribution in [0.4, 0.5) is 22.7 Å². The predicted octanol–water partition coefficient (Wildman–Crippen LogP) is 6.64. The number of rotatable bonds is 8. The van der Waals surface area contributed by atoms with Crippen LogP contribution in [-0.4, -0.2) is 16.4 Å². The monoisotopic (exact) mass is 476 g/mol. The summed E-state index contributed by atoms with van der Waals surface area (Å²) in [5, 5.41) is 30.6. The summed E-state index contributed by atoms with van der Waals surface area (Å²) in [5.41, 5.74) is 3.31. The average Bonchev–Trinajstić information content (AvgIpc) is 2.83. The molecule has 2 N–H and O–H groups in total. The third-order valence-corrected chi connectivity index (χ3v) is 5.11. The van der Waals surface area contributed by atoms with Gasteiger partial charge < -0.3 is 10.6 Å². The van der Waals surface area contributed by atoms with Gasteiger partial charge in [0, 0.05) is 47.9 Å². The maximum Gasteiger partial charge on any atom is 0.269 e. The first-order valence-electron chi connectivity index (χ1n) is 10.2. The Morgan fingerprint density at radius 3 is 1.88 bits per heavy atom. The summed E-state index contributed by atoms with van der Waals surface area (Å²) >= 11 is 0. The van der Waals surface area contributed by atoms with Crippen molar-refractivity contribution in [3.05, 3.63) is 123 Å². The molecule has 0 fully saturated rings. The number of nitro groups is 2. The van der Waals surface area contributed by atoms with E-state index in [-0.39, 0.29) is 23.8 Å². The van der Waals surface area contributed by atoms with Crippen LogP contribution in [0.15, 0.2) is 97.1 Å². The highest BCUT2D eigenvalue weighted by Crippen LogP contribution is 2.25. The number of nitro benzene ring substituents is 2. The van der Waals surface area contributed by atoms with E-state index in [1.807, 2.05) is 42.5 Å². The molecule has 0 saturated heterocycles. The lowest BCUT2D eigenvalue weighted by Crippen LogP contribution is -2.04. The molecule has 0 aliphatic carbocycles. The second-order valence-corrected chi connectivity index (χ2v) is 7.29. The largest absolute Gasteiger partial charge is 0.381 e. The molecule has 0 radical (unpaired) electrons. The number of hydrogen-bond donors (Lipinski definition) is 2. The van der Waals surface area contributed by atoms with Gasteiger partial charge in [-0.2, -0.15) is 0 Å². The molecule has 0 aliphatic rings. The van der Waals surface area contributed by atoms with Gasteiger partial charge in [0.2, 0.25) is 0 Å². The van der Waals surface area contributed by atoms with Gasteiger partial charge in [0.15, 0.2) is 0 Å². The third-order valence-electron chi connectivity index (χ3n) is 5.11. The van der Waals surface area contributed by atoms with Crippen LogP contribution in [0.1, 0.15) is 5.56 Å². The maximum atomic E-state index is 10.9.